The van der Waals surface area contributed by atoms with E-state index in [9.17, 15) is 18.0 Å². The molecular weight excluding hydrogens is 257 g/mol. The molecule has 1 aromatic rings. The van der Waals surface area contributed by atoms with Crippen LogP contribution >= 0.6 is 11.6 Å². The van der Waals surface area contributed by atoms with Crippen molar-refractivity contribution in [1.29, 1.82) is 0 Å². The first kappa shape index (κ1) is 12.2. The monoisotopic (exact) mass is 264 g/mol. The fourth-order valence-electron chi connectivity index (χ4n) is 1.63. The Morgan fingerprint density at radius 1 is 1.53 bits per heavy atom. The summed E-state index contributed by atoms with van der Waals surface area (Å²) in [6, 6.07) is 0.897. The van der Waals surface area contributed by atoms with Gasteiger partial charge in [-0.25, -0.2) is 18.2 Å². The molecule has 1 aliphatic heterocycles. The van der Waals surface area contributed by atoms with Gasteiger partial charge in [0.25, 0.3) is 11.8 Å². The summed E-state index contributed by atoms with van der Waals surface area (Å²) in [6.45, 7) is -0.688. The van der Waals surface area contributed by atoms with E-state index in [2.05, 4.69) is 4.98 Å². The molecule has 7 heteroatoms. The van der Waals surface area contributed by atoms with Gasteiger partial charge in [-0.05, 0) is 6.07 Å². The lowest BCUT2D eigenvalue weighted by atomic mass is 10.2. The van der Waals surface area contributed by atoms with Crippen LogP contribution < -0.4 is 0 Å². The van der Waals surface area contributed by atoms with Gasteiger partial charge in [0, 0.05) is 19.2 Å². The standard InChI is InChI=1S/C10H8ClF3N2O/c11-8-7(12)3-6(4-15-8)9(17)16-2-1-10(13,14)5-16/h3-4H,1-2,5H2. The predicted octanol–water partition coefficient (Wildman–Crippen LogP) is 2.36. The zero-order valence-electron chi connectivity index (χ0n) is 8.59. The summed E-state index contributed by atoms with van der Waals surface area (Å²) < 4.78 is 38.9. The number of likely N-dealkylation sites (tertiary alicyclic amines) is 1. The highest BCUT2D eigenvalue weighted by molar-refractivity contribution is 6.29. The summed E-state index contributed by atoms with van der Waals surface area (Å²) in [5, 5.41) is -0.353. The van der Waals surface area contributed by atoms with Crippen molar-refractivity contribution in [3.8, 4) is 0 Å². The maximum atomic E-state index is 13.1. The Morgan fingerprint density at radius 2 is 2.24 bits per heavy atom. The molecular formula is C10H8ClF3N2O. The smallest absolute Gasteiger partial charge is 0.267 e. The largest absolute Gasteiger partial charge is 0.332 e. The number of aromatic nitrogens is 1. The van der Waals surface area contributed by atoms with E-state index in [4.69, 9.17) is 11.6 Å². The van der Waals surface area contributed by atoms with Crippen molar-refractivity contribution in [1.82, 2.24) is 9.88 Å². The maximum absolute atomic E-state index is 13.1. The minimum absolute atomic E-state index is 0.0456. The number of rotatable bonds is 1. The molecule has 2 rings (SSSR count). The summed E-state index contributed by atoms with van der Waals surface area (Å²) in [5.74, 6) is -4.37. The summed E-state index contributed by atoms with van der Waals surface area (Å²) in [4.78, 5) is 16.2. The van der Waals surface area contributed by atoms with Crippen LogP contribution in [0.2, 0.25) is 5.15 Å². The van der Waals surface area contributed by atoms with Crippen molar-refractivity contribution in [3.05, 3.63) is 28.8 Å². The third-order valence-corrected chi connectivity index (χ3v) is 2.78. The fourth-order valence-corrected chi connectivity index (χ4v) is 1.73. The molecule has 92 valence electrons. The minimum Gasteiger partial charge on any atom is -0.332 e. The number of carbonyl (C=O) groups is 1. The Hall–Kier alpha value is -1.30. The number of hydrogen-bond acceptors (Lipinski definition) is 2. The van der Waals surface area contributed by atoms with Crippen molar-refractivity contribution in [3.63, 3.8) is 0 Å². The molecule has 0 spiro atoms. The van der Waals surface area contributed by atoms with Gasteiger partial charge in [-0.1, -0.05) is 11.6 Å². The van der Waals surface area contributed by atoms with Crippen LogP contribution in [0.1, 0.15) is 16.8 Å². The maximum Gasteiger partial charge on any atom is 0.267 e. The highest BCUT2D eigenvalue weighted by atomic mass is 35.5. The molecule has 1 fully saturated rings. The second kappa shape index (κ2) is 4.18. The lowest BCUT2D eigenvalue weighted by Gasteiger charge is -2.15. The summed E-state index contributed by atoms with van der Waals surface area (Å²) >= 11 is 5.36. The SMILES string of the molecule is O=C(c1cnc(Cl)c(F)c1)N1CCC(F)(F)C1. The minimum atomic E-state index is -2.87. The van der Waals surface area contributed by atoms with Gasteiger partial charge < -0.3 is 4.90 Å². The molecule has 0 aromatic carbocycles. The van der Waals surface area contributed by atoms with Crippen LogP contribution in [-0.4, -0.2) is 34.8 Å². The summed E-state index contributed by atoms with van der Waals surface area (Å²) in [5.41, 5.74) is -0.0791. The molecule has 0 bridgehead atoms. The normalized spacial score (nSPS) is 18.5. The molecule has 0 radical (unpaired) electrons. The predicted molar refractivity (Wildman–Crippen MR) is 54.7 cm³/mol. The van der Waals surface area contributed by atoms with Gasteiger partial charge in [-0.15, -0.1) is 0 Å². The number of hydrogen-bond donors (Lipinski definition) is 0. The molecule has 0 saturated carbocycles. The Balaban J connectivity index is 2.18. The molecule has 0 aliphatic carbocycles. The third kappa shape index (κ3) is 2.52. The highest BCUT2D eigenvalue weighted by Gasteiger charge is 2.40. The van der Waals surface area contributed by atoms with E-state index >= 15 is 0 Å². The van der Waals surface area contributed by atoms with Crippen LogP contribution in [0.15, 0.2) is 12.3 Å². The third-order valence-electron chi connectivity index (χ3n) is 2.50. The number of amides is 1. The molecule has 1 amide bonds. The van der Waals surface area contributed by atoms with E-state index in [0.717, 1.165) is 17.2 Å². The van der Waals surface area contributed by atoms with Crippen molar-refractivity contribution in [2.24, 2.45) is 0 Å². The highest BCUT2D eigenvalue weighted by Crippen LogP contribution is 2.28. The zero-order valence-corrected chi connectivity index (χ0v) is 9.35. The number of pyridine rings is 1. The van der Waals surface area contributed by atoms with E-state index in [1.807, 2.05) is 0 Å². The second-order valence-corrected chi connectivity index (χ2v) is 4.19. The molecule has 1 aliphatic rings. The van der Waals surface area contributed by atoms with Crippen molar-refractivity contribution < 1.29 is 18.0 Å². The molecule has 2 heterocycles. The number of halogens is 4. The van der Waals surface area contributed by atoms with Gasteiger partial charge in [-0.3, -0.25) is 4.79 Å². The van der Waals surface area contributed by atoms with Gasteiger partial charge >= 0.3 is 0 Å². The Labute approximate surface area is 100 Å². The van der Waals surface area contributed by atoms with Crippen molar-refractivity contribution in [2.75, 3.05) is 13.1 Å². The van der Waals surface area contributed by atoms with Crippen LogP contribution in [0.4, 0.5) is 13.2 Å². The molecule has 3 nitrogen and oxygen atoms in total. The van der Waals surface area contributed by atoms with Gasteiger partial charge in [0.05, 0.1) is 12.1 Å². The van der Waals surface area contributed by atoms with Crippen LogP contribution in [0, 0.1) is 5.82 Å². The average molecular weight is 265 g/mol. The number of alkyl halides is 2. The van der Waals surface area contributed by atoms with Crippen molar-refractivity contribution in [2.45, 2.75) is 12.3 Å². The molecule has 1 saturated heterocycles. The van der Waals surface area contributed by atoms with E-state index in [0.29, 0.717) is 0 Å². The second-order valence-electron chi connectivity index (χ2n) is 3.83. The zero-order chi connectivity index (χ0) is 12.6. The summed E-state index contributed by atoms with van der Waals surface area (Å²) in [7, 11) is 0. The van der Waals surface area contributed by atoms with Gasteiger partial charge in [0.15, 0.2) is 11.0 Å². The lowest BCUT2D eigenvalue weighted by Crippen LogP contribution is -2.31. The van der Waals surface area contributed by atoms with E-state index in [1.54, 1.807) is 0 Å². The molecule has 1 aromatic heterocycles. The van der Waals surface area contributed by atoms with Gasteiger partial charge in [-0.2, -0.15) is 0 Å². The Bertz CT molecular complexity index is 467. The van der Waals surface area contributed by atoms with Crippen LogP contribution in [0.3, 0.4) is 0 Å². The first-order valence-electron chi connectivity index (χ1n) is 4.87. The van der Waals surface area contributed by atoms with Gasteiger partial charge in [0.2, 0.25) is 0 Å². The van der Waals surface area contributed by atoms with Crippen LogP contribution in [0.25, 0.3) is 0 Å². The molecule has 0 unspecified atom stereocenters. The van der Waals surface area contributed by atoms with E-state index < -0.39 is 24.2 Å². The molecule has 0 atom stereocenters. The van der Waals surface area contributed by atoms with E-state index in [-0.39, 0.29) is 23.7 Å². The number of nitrogens with zero attached hydrogens (tertiary/aromatic N) is 2. The summed E-state index contributed by atoms with van der Waals surface area (Å²) in [6.07, 6.45) is 0.701. The number of carbonyl (C=O) groups excluding carboxylic acids is 1. The molecule has 0 N–H and O–H groups in total. The van der Waals surface area contributed by atoms with Crippen LogP contribution in [-0.2, 0) is 0 Å². The average Bonchev–Trinajstić information content (AvgIpc) is 2.62. The molecule has 17 heavy (non-hydrogen) atoms. The fraction of sp³-hybridized carbons (Fsp3) is 0.400. The Kier molecular flexibility index (Phi) is 2.99. The topological polar surface area (TPSA) is 33.2 Å². The quantitative estimate of drug-likeness (QED) is 0.730. The Morgan fingerprint density at radius 3 is 2.76 bits per heavy atom. The first-order valence-corrected chi connectivity index (χ1v) is 5.25. The van der Waals surface area contributed by atoms with Gasteiger partial charge in [0.1, 0.15) is 0 Å². The van der Waals surface area contributed by atoms with E-state index in [1.165, 1.54) is 0 Å². The van der Waals surface area contributed by atoms with Crippen molar-refractivity contribution >= 4 is 17.5 Å². The van der Waals surface area contributed by atoms with Crippen LogP contribution in [0.5, 0.6) is 0 Å². The lowest BCUT2D eigenvalue weighted by molar-refractivity contribution is 0.0120. The first-order chi connectivity index (χ1) is 7.89.